The number of nitrogens with two attached hydrogens (primary N) is 1. The van der Waals surface area contributed by atoms with Gasteiger partial charge < -0.3 is 5.73 Å². The van der Waals surface area contributed by atoms with E-state index in [2.05, 4.69) is 15.9 Å². The lowest BCUT2D eigenvalue weighted by atomic mass is 10.2. The van der Waals surface area contributed by atoms with E-state index in [0.717, 1.165) is 8.66 Å². The van der Waals surface area contributed by atoms with E-state index in [1.807, 2.05) is 19.1 Å². The topological polar surface area (TPSA) is 63.4 Å². The Labute approximate surface area is 137 Å². The fourth-order valence-corrected chi connectivity index (χ4v) is 5.28. The summed E-state index contributed by atoms with van der Waals surface area (Å²) in [7, 11) is -3.55. The number of halogens is 1. The Bertz CT molecular complexity index is 741. The van der Waals surface area contributed by atoms with E-state index in [4.69, 9.17) is 5.73 Å². The normalized spacial score (nSPS) is 12.0. The van der Waals surface area contributed by atoms with E-state index in [0.29, 0.717) is 24.3 Å². The summed E-state index contributed by atoms with van der Waals surface area (Å²) in [5, 5.41) is 0. The van der Waals surface area contributed by atoms with Crippen molar-refractivity contribution < 1.29 is 8.42 Å². The highest BCUT2D eigenvalue weighted by Crippen LogP contribution is 2.27. The average molecular weight is 389 g/mol. The zero-order valence-electron chi connectivity index (χ0n) is 11.8. The Kier molecular flexibility index (Phi) is 5.08. The maximum atomic E-state index is 12.8. The van der Waals surface area contributed by atoms with Crippen LogP contribution in [0.4, 0.5) is 5.69 Å². The molecule has 0 saturated carbocycles. The summed E-state index contributed by atoms with van der Waals surface area (Å²) in [5.74, 6) is 0. The average Bonchev–Trinajstić information content (AvgIpc) is 2.84. The highest BCUT2D eigenvalue weighted by molar-refractivity contribution is 9.11. The minimum atomic E-state index is -3.55. The van der Waals surface area contributed by atoms with E-state index in [-0.39, 0.29) is 4.90 Å². The Morgan fingerprint density at radius 2 is 2.00 bits per heavy atom. The summed E-state index contributed by atoms with van der Waals surface area (Å²) < 4.78 is 28.1. The molecule has 0 unspecified atom stereocenters. The summed E-state index contributed by atoms with van der Waals surface area (Å²) in [4.78, 5) is 1.27. The van der Waals surface area contributed by atoms with Gasteiger partial charge in [0, 0.05) is 23.7 Å². The monoisotopic (exact) mass is 388 g/mol. The number of aryl methyl sites for hydroxylation is 1. The number of thiophene rings is 1. The minimum Gasteiger partial charge on any atom is -0.399 e. The van der Waals surface area contributed by atoms with Gasteiger partial charge >= 0.3 is 0 Å². The van der Waals surface area contributed by atoms with Crippen molar-refractivity contribution in [3.63, 3.8) is 0 Å². The Morgan fingerprint density at radius 3 is 2.57 bits per heavy atom. The van der Waals surface area contributed by atoms with Gasteiger partial charge in [-0.1, -0.05) is 13.0 Å². The smallest absolute Gasteiger partial charge is 0.243 e. The molecular formula is C14H17BrN2O2S2. The van der Waals surface area contributed by atoms with Crippen LogP contribution in [0.25, 0.3) is 0 Å². The fraction of sp³-hybridized carbons (Fsp3) is 0.286. The molecule has 2 aromatic rings. The predicted octanol–water partition coefficient (Wildman–Crippen LogP) is 3.61. The van der Waals surface area contributed by atoms with E-state index < -0.39 is 10.0 Å². The van der Waals surface area contributed by atoms with Gasteiger partial charge in [-0.25, -0.2) is 8.42 Å². The maximum Gasteiger partial charge on any atom is 0.243 e. The number of sulfonamides is 1. The number of nitrogen functional groups attached to an aromatic ring is 1. The summed E-state index contributed by atoms with van der Waals surface area (Å²) in [5.41, 5.74) is 6.89. The van der Waals surface area contributed by atoms with Gasteiger partial charge in [0.1, 0.15) is 0 Å². The Balaban J connectivity index is 2.37. The van der Waals surface area contributed by atoms with Crippen molar-refractivity contribution in [3.8, 4) is 0 Å². The zero-order valence-corrected chi connectivity index (χ0v) is 15.1. The van der Waals surface area contributed by atoms with Gasteiger partial charge in [0.15, 0.2) is 0 Å². The number of rotatable bonds is 5. The lowest BCUT2D eigenvalue weighted by Gasteiger charge is -2.21. The van der Waals surface area contributed by atoms with Gasteiger partial charge in [0.05, 0.1) is 8.68 Å². The molecule has 114 valence electrons. The van der Waals surface area contributed by atoms with Crippen LogP contribution in [0.5, 0.6) is 0 Å². The van der Waals surface area contributed by atoms with Crippen LogP contribution in [0.15, 0.2) is 39.0 Å². The van der Waals surface area contributed by atoms with Crippen LogP contribution in [-0.2, 0) is 16.6 Å². The molecule has 0 fully saturated rings. The molecule has 1 heterocycles. The van der Waals surface area contributed by atoms with E-state index in [9.17, 15) is 8.42 Å². The first kappa shape index (κ1) is 16.5. The fourth-order valence-electron chi connectivity index (χ4n) is 2.01. The number of anilines is 1. The van der Waals surface area contributed by atoms with Crippen LogP contribution in [0.1, 0.15) is 17.4 Å². The molecule has 0 aliphatic carbocycles. The second-order valence-electron chi connectivity index (χ2n) is 4.66. The highest BCUT2D eigenvalue weighted by Gasteiger charge is 2.25. The van der Waals surface area contributed by atoms with Crippen LogP contribution in [0.3, 0.4) is 0 Å². The molecule has 0 saturated heterocycles. The molecule has 0 aliphatic heterocycles. The van der Waals surface area contributed by atoms with Crippen LogP contribution < -0.4 is 5.73 Å². The largest absolute Gasteiger partial charge is 0.399 e. The molecular weight excluding hydrogens is 372 g/mol. The summed E-state index contributed by atoms with van der Waals surface area (Å²) in [6.45, 7) is 4.39. The van der Waals surface area contributed by atoms with Crippen LogP contribution in [0.2, 0.25) is 0 Å². The zero-order chi connectivity index (χ0) is 15.6. The van der Waals surface area contributed by atoms with Crippen molar-refractivity contribution in [2.24, 2.45) is 0 Å². The van der Waals surface area contributed by atoms with Crippen molar-refractivity contribution in [1.29, 1.82) is 0 Å². The molecule has 0 amide bonds. The van der Waals surface area contributed by atoms with Crippen molar-refractivity contribution in [1.82, 2.24) is 4.31 Å². The quantitative estimate of drug-likeness (QED) is 0.795. The standard InChI is InChI=1S/C14H17BrN2O2S2/c1-3-17(9-12-6-7-14(15)20-12)21(18,19)13-8-11(16)5-4-10(13)2/h4-8H,3,9,16H2,1-2H3. The predicted molar refractivity (Wildman–Crippen MR) is 90.9 cm³/mol. The van der Waals surface area contributed by atoms with Gasteiger partial charge in [0.2, 0.25) is 10.0 Å². The number of benzene rings is 1. The van der Waals surface area contributed by atoms with E-state index in [1.165, 1.54) is 21.7 Å². The molecule has 0 bridgehead atoms. The van der Waals surface area contributed by atoms with Crippen molar-refractivity contribution >= 4 is 43.0 Å². The second-order valence-corrected chi connectivity index (χ2v) is 9.12. The summed E-state index contributed by atoms with van der Waals surface area (Å²) in [6, 6.07) is 8.82. The van der Waals surface area contributed by atoms with E-state index >= 15 is 0 Å². The summed E-state index contributed by atoms with van der Waals surface area (Å²) in [6.07, 6.45) is 0. The third-order valence-electron chi connectivity index (χ3n) is 3.14. The van der Waals surface area contributed by atoms with Gasteiger partial charge in [-0.15, -0.1) is 11.3 Å². The van der Waals surface area contributed by atoms with Crippen LogP contribution in [-0.4, -0.2) is 19.3 Å². The molecule has 7 heteroatoms. The molecule has 1 aromatic heterocycles. The number of hydrogen-bond donors (Lipinski definition) is 1. The maximum absolute atomic E-state index is 12.8. The highest BCUT2D eigenvalue weighted by atomic mass is 79.9. The first-order chi connectivity index (χ1) is 9.84. The minimum absolute atomic E-state index is 0.278. The molecule has 4 nitrogen and oxygen atoms in total. The lowest BCUT2D eigenvalue weighted by Crippen LogP contribution is -2.30. The SMILES string of the molecule is CCN(Cc1ccc(Br)s1)S(=O)(=O)c1cc(N)ccc1C. The molecule has 0 aliphatic rings. The first-order valence-electron chi connectivity index (χ1n) is 6.45. The third-order valence-corrected chi connectivity index (χ3v) is 6.81. The molecule has 0 atom stereocenters. The third kappa shape index (κ3) is 3.66. The van der Waals surface area contributed by atoms with E-state index in [1.54, 1.807) is 19.1 Å². The molecule has 2 rings (SSSR count). The first-order valence-corrected chi connectivity index (χ1v) is 9.50. The van der Waals surface area contributed by atoms with Gasteiger partial charge in [-0.3, -0.25) is 0 Å². The number of nitrogens with zero attached hydrogens (tertiary/aromatic N) is 1. The molecule has 21 heavy (non-hydrogen) atoms. The molecule has 0 spiro atoms. The Morgan fingerprint density at radius 1 is 1.29 bits per heavy atom. The number of hydrogen-bond acceptors (Lipinski definition) is 4. The summed E-state index contributed by atoms with van der Waals surface area (Å²) >= 11 is 4.93. The molecule has 0 radical (unpaired) electrons. The van der Waals surface area contributed by atoms with Gasteiger partial charge in [0.25, 0.3) is 0 Å². The van der Waals surface area contributed by atoms with Crippen molar-refractivity contribution in [2.75, 3.05) is 12.3 Å². The van der Waals surface area contributed by atoms with Crippen molar-refractivity contribution in [2.45, 2.75) is 25.3 Å². The second kappa shape index (κ2) is 6.48. The van der Waals surface area contributed by atoms with Crippen LogP contribution >= 0.6 is 27.3 Å². The van der Waals surface area contributed by atoms with Crippen molar-refractivity contribution in [3.05, 3.63) is 44.6 Å². The van der Waals surface area contributed by atoms with Crippen LogP contribution in [0, 0.1) is 6.92 Å². The lowest BCUT2D eigenvalue weighted by molar-refractivity contribution is 0.426. The molecule has 2 N–H and O–H groups in total. The Hall–Kier alpha value is -0.890. The molecule has 1 aromatic carbocycles. The van der Waals surface area contributed by atoms with Gasteiger partial charge in [-0.2, -0.15) is 4.31 Å². The van der Waals surface area contributed by atoms with Gasteiger partial charge in [-0.05, 0) is 52.7 Å².